The van der Waals surface area contributed by atoms with Gasteiger partial charge < -0.3 is 5.11 Å². The van der Waals surface area contributed by atoms with Gasteiger partial charge in [0.15, 0.2) is 0 Å². The molecule has 0 radical (unpaired) electrons. The Labute approximate surface area is 97.9 Å². The molecule has 1 atom stereocenters. The average Bonchev–Trinajstić information content (AvgIpc) is 2.75. The summed E-state index contributed by atoms with van der Waals surface area (Å²) < 4.78 is 0. The maximum atomic E-state index is 10.9. The van der Waals surface area contributed by atoms with Gasteiger partial charge in [0.2, 0.25) is 0 Å². The highest BCUT2D eigenvalue weighted by molar-refractivity contribution is 7.10. The highest BCUT2D eigenvalue weighted by Crippen LogP contribution is 2.58. The molecule has 0 aromatic carbocycles. The van der Waals surface area contributed by atoms with Crippen molar-refractivity contribution in [1.29, 1.82) is 0 Å². The van der Waals surface area contributed by atoms with Crippen LogP contribution in [-0.2, 0) is 4.79 Å². The van der Waals surface area contributed by atoms with E-state index in [2.05, 4.69) is 6.92 Å². The van der Waals surface area contributed by atoms with Crippen LogP contribution in [-0.4, -0.2) is 11.1 Å². The standard InChI is InChI=1S/C11H13ClO2S/c1-11(3-4-11)7(6-9(13)14)10-8(12)2-5-15-10/h2,5,7H,3-4,6H2,1H3,(H,13,14). The molecular weight excluding hydrogens is 232 g/mol. The van der Waals surface area contributed by atoms with Gasteiger partial charge in [-0.2, -0.15) is 0 Å². The fourth-order valence-corrected chi connectivity index (χ4v) is 3.40. The largest absolute Gasteiger partial charge is 0.481 e. The van der Waals surface area contributed by atoms with E-state index in [1.54, 1.807) is 11.3 Å². The Morgan fingerprint density at radius 3 is 2.80 bits per heavy atom. The average molecular weight is 245 g/mol. The number of carbonyl (C=O) groups is 1. The van der Waals surface area contributed by atoms with Crippen LogP contribution in [0.5, 0.6) is 0 Å². The summed E-state index contributed by atoms with van der Waals surface area (Å²) in [5.74, 6) is -0.653. The van der Waals surface area contributed by atoms with Gasteiger partial charge in [0, 0.05) is 10.8 Å². The number of hydrogen-bond acceptors (Lipinski definition) is 2. The summed E-state index contributed by atoms with van der Waals surface area (Å²) in [7, 11) is 0. The molecule has 15 heavy (non-hydrogen) atoms. The van der Waals surface area contributed by atoms with E-state index in [-0.39, 0.29) is 17.8 Å². The molecule has 1 N–H and O–H groups in total. The molecule has 82 valence electrons. The number of carboxylic acid groups (broad SMARTS) is 1. The summed E-state index contributed by atoms with van der Waals surface area (Å²) >= 11 is 7.64. The number of hydrogen-bond donors (Lipinski definition) is 1. The maximum Gasteiger partial charge on any atom is 0.304 e. The van der Waals surface area contributed by atoms with Crippen LogP contribution in [0.3, 0.4) is 0 Å². The van der Waals surface area contributed by atoms with Gasteiger partial charge in [0.05, 0.1) is 11.4 Å². The second-order valence-electron chi connectivity index (χ2n) is 4.44. The van der Waals surface area contributed by atoms with Crippen molar-refractivity contribution < 1.29 is 9.90 Å². The van der Waals surface area contributed by atoms with Gasteiger partial charge in [0.1, 0.15) is 0 Å². The first kappa shape index (κ1) is 11.0. The monoisotopic (exact) mass is 244 g/mol. The lowest BCUT2D eigenvalue weighted by molar-refractivity contribution is -0.137. The van der Waals surface area contributed by atoms with Gasteiger partial charge in [-0.3, -0.25) is 4.79 Å². The molecule has 1 aromatic rings. The molecular formula is C11H13ClO2S. The molecule has 1 aliphatic carbocycles. The predicted molar refractivity (Wildman–Crippen MR) is 61.7 cm³/mol. The molecule has 0 bridgehead atoms. The zero-order chi connectivity index (χ0) is 11.1. The molecule has 2 rings (SSSR count). The van der Waals surface area contributed by atoms with Crippen molar-refractivity contribution in [3.05, 3.63) is 21.3 Å². The lowest BCUT2D eigenvalue weighted by Crippen LogP contribution is -2.14. The molecule has 0 saturated heterocycles. The topological polar surface area (TPSA) is 37.3 Å². The van der Waals surface area contributed by atoms with E-state index in [1.807, 2.05) is 11.4 Å². The smallest absolute Gasteiger partial charge is 0.304 e. The number of aliphatic carboxylic acids is 1. The zero-order valence-electron chi connectivity index (χ0n) is 8.50. The first-order valence-corrected chi connectivity index (χ1v) is 6.23. The minimum absolute atomic E-state index is 0.0856. The normalized spacial score (nSPS) is 19.9. The van der Waals surface area contributed by atoms with Crippen molar-refractivity contribution in [3.8, 4) is 0 Å². The van der Waals surface area contributed by atoms with Crippen LogP contribution in [0.4, 0.5) is 0 Å². The molecule has 1 unspecified atom stereocenters. The molecule has 1 aromatic heterocycles. The third-order valence-corrected chi connectivity index (χ3v) is 4.69. The summed E-state index contributed by atoms with van der Waals surface area (Å²) in [6.07, 6.45) is 2.41. The lowest BCUT2D eigenvalue weighted by atomic mass is 9.86. The quantitative estimate of drug-likeness (QED) is 0.876. The number of halogens is 1. The summed E-state index contributed by atoms with van der Waals surface area (Å²) in [5.41, 5.74) is 0.160. The van der Waals surface area contributed by atoms with Gasteiger partial charge in [-0.1, -0.05) is 18.5 Å². The van der Waals surface area contributed by atoms with Crippen molar-refractivity contribution in [3.63, 3.8) is 0 Å². The van der Waals surface area contributed by atoms with E-state index in [1.165, 1.54) is 0 Å². The fraction of sp³-hybridized carbons (Fsp3) is 0.545. The molecule has 1 saturated carbocycles. The van der Waals surface area contributed by atoms with Gasteiger partial charge in [-0.15, -0.1) is 11.3 Å². The van der Waals surface area contributed by atoms with Crippen molar-refractivity contribution in [2.75, 3.05) is 0 Å². The van der Waals surface area contributed by atoms with Crippen molar-refractivity contribution in [2.45, 2.75) is 32.1 Å². The Kier molecular flexibility index (Phi) is 2.77. The SMILES string of the molecule is CC1(C(CC(=O)O)c2sccc2Cl)CC1. The van der Waals surface area contributed by atoms with Gasteiger partial charge >= 0.3 is 5.97 Å². The first-order valence-electron chi connectivity index (χ1n) is 4.97. The minimum atomic E-state index is -0.738. The van der Waals surface area contributed by atoms with Crippen LogP contribution >= 0.6 is 22.9 Å². The van der Waals surface area contributed by atoms with E-state index in [0.29, 0.717) is 0 Å². The summed E-state index contributed by atoms with van der Waals surface area (Å²) in [4.78, 5) is 11.9. The summed E-state index contributed by atoms with van der Waals surface area (Å²) in [6.45, 7) is 2.15. The van der Waals surface area contributed by atoms with Crippen molar-refractivity contribution >= 4 is 28.9 Å². The number of rotatable bonds is 4. The van der Waals surface area contributed by atoms with Gasteiger partial charge in [-0.25, -0.2) is 0 Å². The molecule has 2 nitrogen and oxygen atoms in total. The van der Waals surface area contributed by atoms with Crippen LogP contribution < -0.4 is 0 Å². The molecule has 0 spiro atoms. The number of carboxylic acids is 1. The van der Waals surface area contributed by atoms with E-state index < -0.39 is 5.97 Å². The Bertz CT molecular complexity index is 382. The third kappa shape index (κ3) is 2.18. The summed E-state index contributed by atoms with van der Waals surface area (Å²) in [5, 5.41) is 11.6. The van der Waals surface area contributed by atoms with E-state index in [0.717, 1.165) is 22.7 Å². The number of thiophene rings is 1. The van der Waals surface area contributed by atoms with E-state index in [4.69, 9.17) is 16.7 Å². The summed E-state index contributed by atoms with van der Waals surface area (Å²) in [6, 6.07) is 1.85. The first-order chi connectivity index (χ1) is 7.03. The van der Waals surface area contributed by atoms with Crippen LogP contribution in [0.15, 0.2) is 11.4 Å². The van der Waals surface area contributed by atoms with Gasteiger partial charge in [0.25, 0.3) is 0 Å². The molecule has 1 heterocycles. The Hall–Kier alpha value is -0.540. The molecule has 0 aliphatic heterocycles. The second-order valence-corrected chi connectivity index (χ2v) is 5.79. The maximum absolute atomic E-state index is 10.9. The minimum Gasteiger partial charge on any atom is -0.481 e. The molecule has 1 aliphatic rings. The lowest BCUT2D eigenvalue weighted by Gasteiger charge is -2.20. The van der Waals surface area contributed by atoms with Crippen LogP contribution in [0.1, 0.15) is 37.0 Å². The van der Waals surface area contributed by atoms with Crippen LogP contribution in [0, 0.1) is 5.41 Å². The fourth-order valence-electron chi connectivity index (χ4n) is 1.93. The van der Waals surface area contributed by atoms with E-state index in [9.17, 15) is 4.79 Å². The highest BCUT2D eigenvalue weighted by Gasteiger charge is 2.47. The Balaban J connectivity index is 2.26. The molecule has 0 amide bonds. The zero-order valence-corrected chi connectivity index (χ0v) is 10.1. The second kappa shape index (κ2) is 3.80. The third-order valence-electron chi connectivity index (χ3n) is 3.22. The van der Waals surface area contributed by atoms with Crippen molar-refractivity contribution in [2.24, 2.45) is 5.41 Å². The van der Waals surface area contributed by atoms with Crippen LogP contribution in [0.25, 0.3) is 0 Å². The predicted octanol–water partition coefficient (Wildman–Crippen LogP) is 3.76. The van der Waals surface area contributed by atoms with Gasteiger partial charge in [-0.05, 0) is 29.7 Å². The highest BCUT2D eigenvalue weighted by atomic mass is 35.5. The molecule has 4 heteroatoms. The Morgan fingerprint density at radius 1 is 1.73 bits per heavy atom. The van der Waals surface area contributed by atoms with Crippen molar-refractivity contribution in [1.82, 2.24) is 0 Å². The molecule has 1 fully saturated rings. The Morgan fingerprint density at radius 2 is 2.40 bits per heavy atom. The van der Waals surface area contributed by atoms with E-state index >= 15 is 0 Å². The van der Waals surface area contributed by atoms with Crippen LogP contribution in [0.2, 0.25) is 5.02 Å².